The summed E-state index contributed by atoms with van der Waals surface area (Å²) in [5.41, 5.74) is -0.551. The maximum Gasteiger partial charge on any atom is 0.321 e. The molecular formula is C32H44F2N2O3. The predicted molar refractivity (Wildman–Crippen MR) is 145 cm³/mol. The Labute approximate surface area is 231 Å². The van der Waals surface area contributed by atoms with E-state index >= 15 is 0 Å². The first-order chi connectivity index (χ1) is 17.9. The van der Waals surface area contributed by atoms with E-state index < -0.39 is 28.2 Å². The molecule has 0 saturated heterocycles. The van der Waals surface area contributed by atoms with Gasteiger partial charge in [-0.1, -0.05) is 47.1 Å². The standard InChI is InChI=1S/C32H44F2N2O3/c1-18-20-8-9-29(5)23(28(20,4)15-19(17-35)25(18)38)14-22(37)24-21-16-27(2,3)10-12-32(21,13-11-30(24,29)6)36-26(39)31(7,33)34/h14,18,20-21,24,38H,8-13,15-16H2,1-7H3,(H,36,39)/t18-,20-,21-,24-,28-,29+,30+,32-/m0/s1. The van der Waals surface area contributed by atoms with Crippen LogP contribution >= 0.6 is 0 Å². The number of aliphatic hydroxyl groups excluding tert-OH is 1. The minimum atomic E-state index is -3.48. The maximum atomic E-state index is 14.4. The molecular weight excluding hydrogens is 498 g/mol. The number of allylic oxidation sites excluding steroid dienone is 4. The zero-order valence-corrected chi connectivity index (χ0v) is 24.5. The first kappa shape index (κ1) is 28.3. The van der Waals surface area contributed by atoms with Gasteiger partial charge in [0.05, 0.1) is 11.6 Å². The van der Waals surface area contributed by atoms with E-state index in [1.165, 1.54) is 0 Å². The number of nitrogens with zero attached hydrogens (tertiary/aromatic N) is 1. The van der Waals surface area contributed by atoms with Crippen LogP contribution in [0.4, 0.5) is 8.78 Å². The van der Waals surface area contributed by atoms with Gasteiger partial charge in [-0.25, -0.2) is 0 Å². The molecule has 3 fully saturated rings. The zero-order valence-electron chi connectivity index (χ0n) is 24.5. The molecule has 0 aromatic heterocycles. The van der Waals surface area contributed by atoms with Crippen molar-refractivity contribution in [1.82, 2.24) is 5.32 Å². The number of aliphatic hydroxyl groups is 1. The lowest BCUT2D eigenvalue weighted by Crippen LogP contribution is -2.70. The topological polar surface area (TPSA) is 90.2 Å². The molecule has 7 heteroatoms. The van der Waals surface area contributed by atoms with E-state index in [9.17, 15) is 28.7 Å². The van der Waals surface area contributed by atoms with E-state index in [4.69, 9.17) is 0 Å². The van der Waals surface area contributed by atoms with E-state index in [1.54, 1.807) is 0 Å². The van der Waals surface area contributed by atoms with Crippen molar-refractivity contribution in [2.45, 2.75) is 111 Å². The van der Waals surface area contributed by atoms with Crippen LogP contribution in [0.2, 0.25) is 0 Å². The molecule has 0 aromatic rings. The number of hydrogen-bond acceptors (Lipinski definition) is 4. The zero-order chi connectivity index (χ0) is 29.0. The molecule has 0 heterocycles. The highest BCUT2D eigenvalue weighted by atomic mass is 19.3. The second-order valence-electron chi connectivity index (χ2n) is 15.2. The molecule has 0 bridgehead atoms. The third kappa shape index (κ3) is 3.79. The molecule has 214 valence electrons. The molecule has 1 amide bonds. The molecule has 5 aliphatic carbocycles. The van der Waals surface area contributed by atoms with Crippen LogP contribution in [0.25, 0.3) is 0 Å². The van der Waals surface area contributed by atoms with Crippen molar-refractivity contribution in [3.63, 3.8) is 0 Å². The van der Waals surface area contributed by atoms with Crippen LogP contribution in [0, 0.1) is 56.7 Å². The lowest BCUT2D eigenvalue weighted by atomic mass is 9.35. The average Bonchev–Trinajstić information content (AvgIpc) is 2.83. The number of hydrogen-bond donors (Lipinski definition) is 2. The Bertz CT molecular complexity index is 1220. The Morgan fingerprint density at radius 1 is 1.10 bits per heavy atom. The molecule has 0 aliphatic heterocycles. The van der Waals surface area contributed by atoms with Crippen LogP contribution in [0.5, 0.6) is 0 Å². The molecule has 2 N–H and O–H groups in total. The summed E-state index contributed by atoms with van der Waals surface area (Å²) in [5.74, 6) is -5.16. The molecule has 8 atom stereocenters. The van der Waals surface area contributed by atoms with Gasteiger partial charge < -0.3 is 10.4 Å². The second-order valence-corrected chi connectivity index (χ2v) is 15.2. The van der Waals surface area contributed by atoms with Gasteiger partial charge in [-0.05, 0) is 90.9 Å². The first-order valence-corrected chi connectivity index (χ1v) is 14.6. The number of fused-ring (bicyclic) bond motifs is 7. The van der Waals surface area contributed by atoms with Crippen molar-refractivity contribution < 1.29 is 23.5 Å². The summed E-state index contributed by atoms with van der Waals surface area (Å²) in [5, 5.41) is 23.4. The van der Waals surface area contributed by atoms with Gasteiger partial charge in [-0.2, -0.15) is 14.0 Å². The third-order valence-corrected chi connectivity index (χ3v) is 12.5. The summed E-state index contributed by atoms with van der Waals surface area (Å²) in [7, 11) is 0. The van der Waals surface area contributed by atoms with Crippen molar-refractivity contribution >= 4 is 11.7 Å². The number of carbonyl (C=O) groups is 2. The number of ketones is 1. The summed E-state index contributed by atoms with van der Waals surface area (Å²) in [4.78, 5) is 27.0. The lowest BCUT2D eigenvalue weighted by Gasteiger charge is -2.69. The molecule has 3 saturated carbocycles. The Balaban J connectivity index is 1.63. The minimum Gasteiger partial charge on any atom is -0.511 e. The van der Waals surface area contributed by atoms with Crippen molar-refractivity contribution in [2.75, 3.05) is 0 Å². The van der Waals surface area contributed by atoms with Gasteiger partial charge >= 0.3 is 5.92 Å². The van der Waals surface area contributed by atoms with Gasteiger partial charge in [-0.15, -0.1) is 0 Å². The number of carbonyl (C=O) groups excluding carboxylic acids is 2. The van der Waals surface area contributed by atoms with Crippen LogP contribution in [-0.2, 0) is 9.59 Å². The second kappa shape index (κ2) is 8.40. The Kier molecular flexibility index (Phi) is 6.09. The largest absolute Gasteiger partial charge is 0.511 e. The van der Waals surface area contributed by atoms with E-state index in [0.717, 1.165) is 24.8 Å². The fourth-order valence-electron chi connectivity index (χ4n) is 10.1. The Morgan fingerprint density at radius 3 is 2.36 bits per heavy atom. The van der Waals surface area contributed by atoms with Crippen LogP contribution in [-0.4, -0.2) is 28.3 Å². The maximum absolute atomic E-state index is 14.4. The van der Waals surface area contributed by atoms with Gasteiger partial charge in [0, 0.05) is 24.3 Å². The molecule has 5 nitrogen and oxygen atoms in total. The van der Waals surface area contributed by atoms with E-state index in [2.05, 4.69) is 46.0 Å². The van der Waals surface area contributed by atoms with E-state index in [-0.39, 0.29) is 46.0 Å². The third-order valence-electron chi connectivity index (χ3n) is 12.5. The van der Waals surface area contributed by atoms with Crippen LogP contribution in [0.3, 0.4) is 0 Å². The van der Waals surface area contributed by atoms with Gasteiger partial charge in [0.15, 0.2) is 5.78 Å². The monoisotopic (exact) mass is 542 g/mol. The number of nitriles is 1. The minimum absolute atomic E-state index is 0.0288. The molecule has 5 aliphatic rings. The average molecular weight is 543 g/mol. The summed E-state index contributed by atoms with van der Waals surface area (Å²) in [6.07, 6.45) is 7.32. The fraction of sp³-hybridized carbons (Fsp3) is 0.781. The quantitative estimate of drug-likeness (QED) is 0.391. The highest BCUT2D eigenvalue weighted by Gasteiger charge is 2.69. The molecule has 5 rings (SSSR count). The Morgan fingerprint density at radius 2 is 1.74 bits per heavy atom. The van der Waals surface area contributed by atoms with E-state index in [1.807, 2.05) is 13.0 Å². The SMILES string of the molecule is C[C@@H]1C(O)=C(C#N)C[C@]2(C)C3=CC(=O)[C@@H]4[C@@H]5CC(C)(C)CC[C@]5(NC(=O)C(C)(F)F)CC[C@@]4(C)[C@]3(C)CC[C@@H]12. The number of alkyl halides is 2. The van der Waals surface area contributed by atoms with Crippen LogP contribution in [0.1, 0.15) is 99.8 Å². The normalized spacial score (nSPS) is 45.1. The van der Waals surface area contributed by atoms with Gasteiger partial charge in [0.2, 0.25) is 0 Å². The molecule has 0 unspecified atom stereocenters. The van der Waals surface area contributed by atoms with Crippen molar-refractivity contribution in [3.05, 3.63) is 23.0 Å². The fourth-order valence-corrected chi connectivity index (χ4v) is 10.1. The van der Waals surface area contributed by atoms with Crippen molar-refractivity contribution in [1.29, 1.82) is 5.26 Å². The number of halogens is 2. The highest BCUT2D eigenvalue weighted by molar-refractivity contribution is 5.96. The van der Waals surface area contributed by atoms with Crippen LogP contribution < -0.4 is 5.32 Å². The van der Waals surface area contributed by atoms with Gasteiger partial charge in [0.25, 0.3) is 5.91 Å². The van der Waals surface area contributed by atoms with Gasteiger partial charge in [-0.3, -0.25) is 9.59 Å². The first-order valence-electron chi connectivity index (χ1n) is 14.6. The van der Waals surface area contributed by atoms with Crippen molar-refractivity contribution in [3.8, 4) is 6.07 Å². The Hall–Kier alpha value is -2.23. The predicted octanol–water partition coefficient (Wildman–Crippen LogP) is 7.05. The summed E-state index contributed by atoms with van der Waals surface area (Å²) in [6.45, 7) is 13.6. The summed E-state index contributed by atoms with van der Waals surface area (Å²) >= 11 is 0. The molecule has 0 spiro atoms. The summed E-state index contributed by atoms with van der Waals surface area (Å²) < 4.78 is 28.3. The molecule has 0 radical (unpaired) electrons. The number of amides is 1. The molecule has 0 aromatic carbocycles. The van der Waals surface area contributed by atoms with E-state index in [0.29, 0.717) is 44.6 Å². The summed E-state index contributed by atoms with van der Waals surface area (Å²) in [6, 6.07) is 2.22. The lowest BCUT2D eigenvalue weighted by molar-refractivity contribution is -0.168. The molecule has 39 heavy (non-hydrogen) atoms. The smallest absolute Gasteiger partial charge is 0.321 e. The van der Waals surface area contributed by atoms with Crippen LogP contribution in [0.15, 0.2) is 23.0 Å². The highest BCUT2D eigenvalue weighted by Crippen LogP contribution is 2.73. The van der Waals surface area contributed by atoms with Gasteiger partial charge in [0.1, 0.15) is 5.76 Å². The van der Waals surface area contributed by atoms with Crippen molar-refractivity contribution in [2.24, 2.45) is 45.3 Å². The number of nitrogens with one attached hydrogen (secondary N) is 1. The number of rotatable bonds is 2.